The van der Waals surface area contributed by atoms with Crippen molar-refractivity contribution in [3.63, 3.8) is 0 Å². The lowest BCUT2D eigenvalue weighted by molar-refractivity contribution is -0.402. The summed E-state index contributed by atoms with van der Waals surface area (Å²) < 4.78 is 5.71. The van der Waals surface area contributed by atoms with Crippen LogP contribution >= 0.6 is 15.9 Å². The van der Waals surface area contributed by atoms with Crippen LogP contribution in [-0.2, 0) is 0 Å². The van der Waals surface area contributed by atoms with Crippen LogP contribution in [0.25, 0.3) is 10.9 Å². The Kier molecular flexibility index (Phi) is 2.90. The van der Waals surface area contributed by atoms with E-state index in [1.54, 1.807) is 6.20 Å². The molecule has 0 amide bonds. The summed E-state index contributed by atoms with van der Waals surface area (Å²) in [6.45, 7) is 0. The molecule has 2 aromatic heterocycles. The zero-order valence-corrected chi connectivity index (χ0v) is 11.5. The van der Waals surface area contributed by atoms with Crippen LogP contribution in [0.4, 0.5) is 5.88 Å². The van der Waals surface area contributed by atoms with Crippen molar-refractivity contribution < 1.29 is 14.1 Å². The lowest BCUT2D eigenvalue weighted by atomic mass is 10.1. The first-order valence-corrected chi connectivity index (χ1v) is 6.42. The SMILES string of the molecule is O=C(c1ccc([N+](=O)[O-])o1)c1c[nH]c2cccc(Br)c12. The molecule has 1 N–H and O–H groups in total. The smallest absolute Gasteiger partial charge is 0.397 e. The van der Waals surface area contributed by atoms with E-state index in [1.165, 1.54) is 6.07 Å². The molecule has 7 heteroatoms. The first-order chi connectivity index (χ1) is 9.58. The van der Waals surface area contributed by atoms with Gasteiger partial charge in [-0.2, -0.15) is 0 Å². The second-order valence-electron chi connectivity index (χ2n) is 4.09. The molecule has 6 nitrogen and oxygen atoms in total. The number of nitrogens with one attached hydrogen (secondary N) is 1. The van der Waals surface area contributed by atoms with Crippen LogP contribution in [-0.4, -0.2) is 15.7 Å². The summed E-state index contributed by atoms with van der Waals surface area (Å²) in [5.74, 6) is -0.920. The first kappa shape index (κ1) is 12.6. The molecule has 0 aliphatic heterocycles. The van der Waals surface area contributed by atoms with Gasteiger partial charge in [0.05, 0.1) is 11.6 Å². The van der Waals surface area contributed by atoms with Crippen LogP contribution in [0.1, 0.15) is 16.1 Å². The van der Waals surface area contributed by atoms with E-state index in [2.05, 4.69) is 20.9 Å². The number of fused-ring (bicyclic) bond motifs is 1. The van der Waals surface area contributed by atoms with Crippen molar-refractivity contribution in [3.8, 4) is 0 Å². The highest BCUT2D eigenvalue weighted by Gasteiger charge is 2.21. The number of ketones is 1. The molecule has 0 spiro atoms. The first-order valence-electron chi connectivity index (χ1n) is 5.62. The van der Waals surface area contributed by atoms with Crippen LogP contribution in [0.3, 0.4) is 0 Å². The van der Waals surface area contributed by atoms with Gasteiger partial charge in [-0.3, -0.25) is 14.9 Å². The zero-order chi connectivity index (χ0) is 14.3. The summed E-state index contributed by atoms with van der Waals surface area (Å²) in [6, 6.07) is 7.96. The van der Waals surface area contributed by atoms with Gasteiger partial charge in [0.1, 0.15) is 4.92 Å². The van der Waals surface area contributed by atoms with Crippen molar-refractivity contribution in [2.24, 2.45) is 0 Å². The Hall–Kier alpha value is -2.41. The molecular formula is C13H7BrN2O4. The van der Waals surface area contributed by atoms with E-state index in [0.717, 1.165) is 21.4 Å². The molecule has 3 aromatic rings. The third-order valence-electron chi connectivity index (χ3n) is 2.90. The Balaban J connectivity index is 2.10. The van der Waals surface area contributed by atoms with Crippen LogP contribution in [0.15, 0.2) is 45.4 Å². The molecule has 0 aliphatic rings. The van der Waals surface area contributed by atoms with Crippen molar-refractivity contribution in [3.05, 3.63) is 62.4 Å². The Morgan fingerprint density at radius 2 is 2.10 bits per heavy atom. The average molecular weight is 335 g/mol. The highest BCUT2D eigenvalue weighted by Crippen LogP contribution is 2.29. The molecule has 0 saturated heterocycles. The number of carbonyl (C=O) groups is 1. The van der Waals surface area contributed by atoms with Crippen molar-refractivity contribution in [1.29, 1.82) is 0 Å². The second kappa shape index (κ2) is 4.61. The van der Waals surface area contributed by atoms with E-state index in [1.807, 2.05) is 18.2 Å². The van der Waals surface area contributed by atoms with Crippen molar-refractivity contribution in [2.45, 2.75) is 0 Å². The van der Waals surface area contributed by atoms with Crippen molar-refractivity contribution >= 4 is 38.5 Å². The average Bonchev–Trinajstić information content (AvgIpc) is 3.05. The van der Waals surface area contributed by atoms with Gasteiger partial charge >= 0.3 is 5.88 Å². The lowest BCUT2D eigenvalue weighted by Gasteiger charge is -1.98. The number of benzene rings is 1. The maximum absolute atomic E-state index is 12.4. The summed E-state index contributed by atoms with van der Waals surface area (Å²) in [5, 5.41) is 11.3. The summed E-state index contributed by atoms with van der Waals surface area (Å²) >= 11 is 3.39. The highest BCUT2D eigenvalue weighted by molar-refractivity contribution is 9.10. The third kappa shape index (κ3) is 1.92. The quantitative estimate of drug-likeness (QED) is 0.449. The molecule has 2 heterocycles. The molecule has 0 bridgehead atoms. The zero-order valence-electron chi connectivity index (χ0n) is 9.92. The topological polar surface area (TPSA) is 89.1 Å². The Labute approximate surface area is 120 Å². The van der Waals surface area contributed by atoms with E-state index in [-0.39, 0.29) is 5.76 Å². The van der Waals surface area contributed by atoms with E-state index in [9.17, 15) is 14.9 Å². The van der Waals surface area contributed by atoms with Crippen molar-refractivity contribution in [1.82, 2.24) is 4.98 Å². The third-order valence-corrected chi connectivity index (χ3v) is 3.56. The fraction of sp³-hybridized carbons (Fsp3) is 0. The van der Waals surface area contributed by atoms with Crippen molar-refractivity contribution in [2.75, 3.05) is 0 Å². The van der Waals surface area contributed by atoms with E-state index < -0.39 is 16.6 Å². The fourth-order valence-electron chi connectivity index (χ4n) is 2.00. The van der Waals surface area contributed by atoms with Crippen LogP contribution in [0.5, 0.6) is 0 Å². The van der Waals surface area contributed by atoms with Crippen LogP contribution in [0, 0.1) is 10.1 Å². The van der Waals surface area contributed by atoms with Gasteiger partial charge in [0.2, 0.25) is 5.78 Å². The van der Waals surface area contributed by atoms with E-state index in [0.29, 0.717) is 5.56 Å². The Morgan fingerprint density at radius 3 is 2.80 bits per heavy atom. The molecule has 100 valence electrons. The number of aromatic amines is 1. The summed E-state index contributed by atoms with van der Waals surface area (Å²) in [5.41, 5.74) is 1.19. The molecule has 0 unspecified atom stereocenters. The van der Waals surface area contributed by atoms with Gasteiger partial charge in [-0.15, -0.1) is 0 Å². The molecule has 0 saturated carbocycles. The normalized spacial score (nSPS) is 10.8. The maximum Gasteiger partial charge on any atom is 0.433 e. The Bertz CT molecular complexity index is 834. The van der Waals surface area contributed by atoms with E-state index in [4.69, 9.17) is 4.42 Å². The highest BCUT2D eigenvalue weighted by atomic mass is 79.9. The fourth-order valence-corrected chi connectivity index (χ4v) is 2.58. The van der Waals surface area contributed by atoms with Gasteiger partial charge in [0.25, 0.3) is 0 Å². The standard InChI is InChI=1S/C13H7BrN2O4/c14-8-2-1-3-9-12(8)7(6-15-9)13(17)10-4-5-11(20-10)16(18)19/h1-6,15H. The molecule has 0 radical (unpaired) electrons. The largest absolute Gasteiger partial charge is 0.433 e. The number of hydrogen-bond acceptors (Lipinski definition) is 4. The number of H-pyrrole nitrogens is 1. The monoisotopic (exact) mass is 334 g/mol. The summed E-state index contributed by atoms with van der Waals surface area (Å²) in [6.07, 6.45) is 1.56. The minimum absolute atomic E-state index is 0.0617. The minimum Gasteiger partial charge on any atom is -0.397 e. The van der Waals surface area contributed by atoms with Gasteiger partial charge in [-0.05, 0) is 18.2 Å². The van der Waals surface area contributed by atoms with Crippen LogP contribution < -0.4 is 0 Å². The summed E-state index contributed by atoms with van der Waals surface area (Å²) in [7, 11) is 0. The van der Waals surface area contributed by atoms with Gasteiger partial charge < -0.3 is 9.40 Å². The number of furan rings is 1. The number of aromatic nitrogens is 1. The predicted octanol–water partition coefficient (Wildman–Crippen LogP) is 3.66. The number of nitro groups is 1. The van der Waals surface area contributed by atoms with Gasteiger partial charge in [-0.25, -0.2) is 0 Å². The number of rotatable bonds is 3. The molecule has 0 aliphatic carbocycles. The number of carbonyl (C=O) groups excluding carboxylic acids is 1. The molecule has 3 rings (SSSR count). The van der Waals surface area contributed by atoms with E-state index >= 15 is 0 Å². The van der Waals surface area contributed by atoms with Gasteiger partial charge in [-0.1, -0.05) is 22.0 Å². The maximum atomic E-state index is 12.4. The Morgan fingerprint density at radius 1 is 1.30 bits per heavy atom. The second-order valence-corrected chi connectivity index (χ2v) is 4.94. The molecule has 0 fully saturated rings. The molecule has 20 heavy (non-hydrogen) atoms. The summed E-state index contributed by atoms with van der Waals surface area (Å²) in [4.78, 5) is 25.2. The molecule has 0 atom stereocenters. The molecular weight excluding hydrogens is 328 g/mol. The minimum atomic E-state index is -0.679. The lowest BCUT2D eigenvalue weighted by Crippen LogP contribution is -1.98. The number of hydrogen-bond donors (Lipinski definition) is 1. The number of nitrogens with zero attached hydrogens (tertiary/aromatic N) is 1. The predicted molar refractivity (Wildman–Crippen MR) is 74.8 cm³/mol. The molecule has 1 aromatic carbocycles. The number of halogens is 1. The van der Waals surface area contributed by atoms with Gasteiger partial charge in [0.15, 0.2) is 5.76 Å². The van der Waals surface area contributed by atoms with Crippen LogP contribution in [0.2, 0.25) is 0 Å². The van der Waals surface area contributed by atoms with Gasteiger partial charge in [0, 0.05) is 21.6 Å².